The molecule has 0 bridgehead atoms. The molecule has 1 saturated heterocycles. The summed E-state index contributed by atoms with van der Waals surface area (Å²) in [6.07, 6.45) is 2.01. The van der Waals surface area contributed by atoms with Gasteiger partial charge in [-0.25, -0.2) is 0 Å². The van der Waals surface area contributed by atoms with Gasteiger partial charge in [-0.1, -0.05) is 60.1 Å². The number of aliphatic imine (C=N–C) groups is 1. The zero-order chi connectivity index (χ0) is 18.2. The number of rotatable bonds is 5. The van der Waals surface area contributed by atoms with Crippen molar-refractivity contribution in [3.05, 3.63) is 70.7 Å². The lowest BCUT2D eigenvalue weighted by atomic mass is 9.74. The molecule has 2 aromatic rings. The molecule has 0 spiro atoms. The maximum atomic E-state index is 6.24. The highest BCUT2D eigenvalue weighted by molar-refractivity contribution is 14.0. The molecular weight excluding hydrogens is 473 g/mol. The largest absolute Gasteiger partial charge is 0.381 e. The second-order valence-corrected chi connectivity index (χ2v) is 7.04. The Morgan fingerprint density at radius 3 is 2.37 bits per heavy atom. The molecule has 27 heavy (non-hydrogen) atoms. The van der Waals surface area contributed by atoms with E-state index in [1.807, 2.05) is 24.3 Å². The van der Waals surface area contributed by atoms with Crippen LogP contribution in [0.5, 0.6) is 0 Å². The Kier molecular flexibility index (Phi) is 8.86. The summed E-state index contributed by atoms with van der Waals surface area (Å²) in [5.41, 5.74) is 2.49. The molecule has 0 aromatic heterocycles. The molecular formula is C21H27ClIN3O. The van der Waals surface area contributed by atoms with Gasteiger partial charge < -0.3 is 15.4 Å². The first-order chi connectivity index (χ1) is 12.7. The van der Waals surface area contributed by atoms with Gasteiger partial charge in [0.2, 0.25) is 0 Å². The van der Waals surface area contributed by atoms with Gasteiger partial charge in [0.25, 0.3) is 0 Å². The molecule has 1 fully saturated rings. The Morgan fingerprint density at radius 1 is 1.04 bits per heavy atom. The average molecular weight is 500 g/mol. The van der Waals surface area contributed by atoms with Crippen molar-refractivity contribution in [1.82, 2.24) is 10.6 Å². The fourth-order valence-corrected chi connectivity index (χ4v) is 3.62. The van der Waals surface area contributed by atoms with Gasteiger partial charge in [0.1, 0.15) is 0 Å². The van der Waals surface area contributed by atoms with Crippen LogP contribution in [0.15, 0.2) is 59.6 Å². The van der Waals surface area contributed by atoms with Crippen molar-refractivity contribution in [2.45, 2.75) is 24.8 Å². The van der Waals surface area contributed by atoms with Crippen LogP contribution in [0, 0.1) is 0 Å². The molecule has 2 N–H and O–H groups in total. The van der Waals surface area contributed by atoms with E-state index in [0.717, 1.165) is 49.1 Å². The molecule has 1 aliphatic rings. The molecule has 0 unspecified atom stereocenters. The Labute approximate surface area is 183 Å². The van der Waals surface area contributed by atoms with Crippen LogP contribution in [0.25, 0.3) is 0 Å². The van der Waals surface area contributed by atoms with Crippen molar-refractivity contribution in [3.63, 3.8) is 0 Å². The van der Waals surface area contributed by atoms with Gasteiger partial charge >= 0.3 is 0 Å². The van der Waals surface area contributed by atoms with E-state index in [4.69, 9.17) is 16.3 Å². The van der Waals surface area contributed by atoms with Crippen LogP contribution < -0.4 is 10.6 Å². The van der Waals surface area contributed by atoms with E-state index in [0.29, 0.717) is 6.54 Å². The standard InChI is InChI=1S/C21H26ClN3O.HI/c1-23-20(24-15-17-7-5-6-10-19(17)22)25-16-21(11-13-26-14-12-21)18-8-3-2-4-9-18;/h2-10H,11-16H2,1H3,(H2,23,24,25);1H. The van der Waals surface area contributed by atoms with Crippen molar-refractivity contribution in [2.24, 2.45) is 4.99 Å². The number of nitrogens with zero attached hydrogens (tertiary/aromatic N) is 1. The highest BCUT2D eigenvalue weighted by Crippen LogP contribution is 2.34. The summed E-state index contributed by atoms with van der Waals surface area (Å²) in [6, 6.07) is 18.6. The fourth-order valence-electron chi connectivity index (χ4n) is 3.42. The minimum absolute atomic E-state index is 0. The summed E-state index contributed by atoms with van der Waals surface area (Å²) in [7, 11) is 1.79. The first-order valence-electron chi connectivity index (χ1n) is 9.05. The normalized spacial score (nSPS) is 16.3. The number of hydrogen-bond donors (Lipinski definition) is 2. The summed E-state index contributed by atoms with van der Waals surface area (Å²) >= 11 is 6.24. The Balaban J connectivity index is 0.00000261. The quantitative estimate of drug-likeness (QED) is 0.365. The molecule has 6 heteroatoms. The second kappa shape index (κ2) is 10.9. The van der Waals surface area contributed by atoms with Gasteiger partial charge in [0.15, 0.2) is 5.96 Å². The van der Waals surface area contributed by atoms with Gasteiger partial charge in [-0.15, -0.1) is 24.0 Å². The van der Waals surface area contributed by atoms with E-state index in [2.05, 4.69) is 46.0 Å². The molecule has 1 aliphatic heterocycles. The second-order valence-electron chi connectivity index (χ2n) is 6.63. The van der Waals surface area contributed by atoms with Gasteiger partial charge in [0.05, 0.1) is 0 Å². The SMILES string of the molecule is CN=C(NCc1ccccc1Cl)NCC1(c2ccccc2)CCOCC1.I. The van der Waals surface area contributed by atoms with Gasteiger partial charge in [0, 0.05) is 43.8 Å². The zero-order valence-electron chi connectivity index (χ0n) is 15.6. The fraction of sp³-hybridized carbons (Fsp3) is 0.381. The predicted molar refractivity (Wildman–Crippen MR) is 123 cm³/mol. The summed E-state index contributed by atoms with van der Waals surface area (Å²) in [5, 5.41) is 7.63. The van der Waals surface area contributed by atoms with E-state index >= 15 is 0 Å². The number of halogens is 2. The van der Waals surface area contributed by atoms with E-state index < -0.39 is 0 Å². The zero-order valence-corrected chi connectivity index (χ0v) is 18.7. The molecule has 0 radical (unpaired) electrons. The third kappa shape index (κ3) is 5.83. The smallest absolute Gasteiger partial charge is 0.191 e. The van der Waals surface area contributed by atoms with Gasteiger partial charge in [-0.3, -0.25) is 4.99 Å². The molecule has 1 heterocycles. The van der Waals surface area contributed by atoms with Crippen LogP contribution >= 0.6 is 35.6 Å². The van der Waals surface area contributed by atoms with E-state index in [-0.39, 0.29) is 29.4 Å². The summed E-state index contributed by atoms with van der Waals surface area (Å²) < 4.78 is 5.61. The minimum atomic E-state index is 0. The average Bonchev–Trinajstić information content (AvgIpc) is 2.71. The summed E-state index contributed by atoms with van der Waals surface area (Å²) in [4.78, 5) is 4.36. The molecule has 0 atom stereocenters. The van der Waals surface area contributed by atoms with Crippen LogP contribution in [-0.4, -0.2) is 32.8 Å². The monoisotopic (exact) mass is 499 g/mol. The van der Waals surface area contributed by atoms with Crippen LogP contribution in [0.2, 0.25) is 5.02 Å². The summed E-state index contributed by atoms with van der Waals surface area (Å²) in [5.74, 6) is 0.784. The van der Waals surface area contributed by atoms with Crippen LogP contribution in [0.4, 0.5) is 0 Å². The molecule has 0 aliphatic carbocycles. The van der Waals surface area contributed by atoms with Crippen molar-refractivity contribution in [2.75, 3.05) is 26.8 Å². The molecule has 0 saturated carbocycles. The summed E-state index contributed by atoms with van der Waals surface area (Å²) in [6.45, 7) is 3.05. The van der Waals surface area contributed by atoms with E-state index in [1.54, 1.807) is 7.05 Å². The van der Waals surface area contributed by atoms with Crippen LogP contribution in [0.3, 0.4) is 0 Å². The number of nitrogens with one attached hydrogen (secondary N) is 2. The number of hydrogen-bond acceptors (Lipinski definition) is 2. The van der Waals surface area contributed by atoms with Crippen molar-refractivity contribution < 1.29 is 4.74 Å². The number of guanidine groups is 1. The Hall–Kier alpha value is -1.31. The maximum Gasteiger partial charge on any atom is 0.191 e. The Morgan fingerprint density at radius 2 is 1.70 bits per heavy atom. The van der Waals surface area contributed by atoms with Gasteiger partial charge in [-0.2, -0.15) is 0 Å². The highest BCUT2D eigenvalue weighted by atomic mass is 127. The molecule has 4 nitrogen and oxygen atoms in total. The Bertz CT molecular complexity index is 733. The van der Waals surface area contributed by atoms with Gasteiger partial charge in [-0.05, 0) is 30.0 Å². The molecule has 0 amide bonds. The van der Waals surface area contributed by atoms with Crippen LogP contribution in [-0.2, 0) is 16.7 Å². The minimum Gasteiger partial charge on any atom is -0.381 e. The topological polar surface area (TPSA) is 45.7 Å². The predicted octanol–water partition coefficient (Wildman–Crippen LogP) is 4.37. The molecule has 2 aromatic carbocycles. The lowest BCUT2D eigenvalue weighted by Gasteiger charge is -2.38. The first kappa shape index (κ1) is 22.0. The third-order valence-electron chi connectivity index (χ3n) is 5.06. The van der Waals surface area contributed by atoms with E-state index in [1.165, 1.54) is 5.56 Å². The number of benzene rings is 2. The lowest BCUT2D eigenvalue weighted by Crippen LogP contribution is -2.47. The van der Waals surface area contributed by atoms with Crippen LogP contribution in [0.1, 0.15) is 24.0 Å². The number of ether oxygens (including phenoxy) is 1. The van der Waals surface area contributed by atoms with E-state index in [9.17, 15) is 0 Å². The molecule has 146 valence electrons. The van der Waals surface area contributed by atoms with Crippen molar-refractivity contribution in [3.8, 4) is 0 Å². The lowest BCUT2D eigenvalue weighted by molar-refractivity contribution is 0.0514. The molecule has 3 rings (SSSR count). The third-order valence-corrected chi connectivity index (χ3v) is 5.43. The van der Waals surface area contributed by atoms with Crippen molar-refractivity contribution in [1.29, 1.82) is 0 Å². The first-order valence-corrected chi connectivity index (χ1v) is 9.42. The van der Waals surface area contributed by atoms with Crippen molar-refractivity contribution >= 4 is 41.5 Å². The highest BCUT2D eigenvalue weighted by Gasteiger charge is 2.34. The maximum absolute atomic E-state index is 6.24.